The van der Waals surface area contributed by atoms with E-state index in [1.54, 1.807) is 11.3 Å². The number of rotatable bonds is 6. The van der Waals surface area contributed by atoms with Crippen molar-refractivity contribution in [2.24, 2.45) is 0 Å². The molecule has 0 unspecified atom stereocenters. The highest BCUT2D eigenvalue weighted by molar-refractivity contribution is 7.13. The summed E-state index contributed by atoms with van der Waals surface area (Å²) < 4.78 is 0. The molecule has 0 radical (unpaired) electrons. The van der Waals surface area contributed by atoms with Crippen LogP contribution in [0, 0.1) is 13.8 Å². The highest BCUT2D eigenvalue weighted by Crippen LogP contribution is 2.29. The van der Waals surface area contributed by atoms with Crippen molar-refractivity contribution in [2.45, 2.75) is 20.4 Å². The van der Waals surface area contributed by atoms with E-state index in [1.807, 2.05) is 12.1 Å². The largest absolute Gasteiger partial charge is 0.365 e. The number of hydrogen-bond acceptors (Lipinski definition) is 5. The van der Waals surface area contributed by atoms with Gasteiger partial charge in [-0.25, -0.2) is 4.98 Å². The number of anilines is 1. The number of aryl methyl sites for hydroxylation is 2. The molecule has 1 N–H and O–H groups in total. The maximum absolute atomic E-state index is 4.83. The molecular weight excluding hydrogens is 424 g/mol. The van der Waals surface area contributed by atoms with Gasteiger partial charge in [-0.2, -0.15) is 0 Å². The molecule has 5 heteroatoms. The topological polar surface area (TPSA) is 50.7 Å². The molecule has 0 aliphatic heterocycles. The van der Waals surface area contributed by atoms with Gasteiger partial charge in [0.1, 0.15) is 10.8 Å². The number of thiazole rings is 1. The molecule has 0 saturated carbocycles. The van der Waals surface area contributed by atoms with Crippen LogP contribution in [-0.2, 0) is 6.54 Å². The van der Waals surface area contributed by atoms with E-state index in [2.05, 4.69) is 108 Å². The molecular formula is C28H24N4S. The van der Waals surface area contributed by atoms with Gasteiger partial charge in [0.25, 0.3) is 0 Å². The van der Waals surface area contributed by atoms with Gasteiger partial charge in [0, 0.05) is 28.6 Å². The van der Waals surface area contributed by atoms with E-state index in [1.165, 1.54) is 16.7 Å². The predicted molar refractivity (Wildman–Crippen MR) is 137 cm³/mol. The quantitative estimate of drug-likeness (QED) is 0.299. The minimum atomic E-state index is 0.686. The molecule has 0 aliphatic rings. The standard InChI is InChI=1S/C28H24N4S/c1-19-3-9-22(10-4-19)25-15-16-27(32-31-25)29-17-21-7-13-24(14-8-21)28-30-26(18-33-28)23-11-5-20(2)6-12-23/h3-16,18H,17H2,1-2H3,(H,29,32). The van der Waals surface area contributed by atoms with E-state index in [0.29, 0.717) is 6.54 Å². The number of benzene rings is 3. The molecule has 0 saturated heterocycles. The summed E-state index contributed by atoms with van der Waals surface area (Å²) in [5, 5.41) is 15.2. The average Bonchev–Trinajstić information content (AvgIpc) is 3.35. The molecule has 3 aromatic carbocycles. The molecule has 0 spiro atoms. The third kappa shape index (κ3) is 4.99. The Hall–Kier alpha value is -3.83. The summed E-state index contributed by atoms with van der Waals surface area (Å²) >= 11 is 1.67. The van der Waals surface area contributed by atoms with Crippen molar-refractivity contribution >= 4 is 17.2 Å². The first-order valence-electron chi connectivity index (χ1n) is 10.9. The molecule has 33 heavy (non-hydrogen) atoms. The molecule has 0 aliphatic carbocycles. The molecule has 0 amide bonds. The maximum atomic E-state index is 4.83. The maximum Gasteiger partial charge on any atom is 0.148 e. The summed E-state index contributed by atoms with van der Waals surface area (Å²) in [6.07, 6.45) is 0. The Morgan fingerprint density at radius 2 is 1.24 bits per heavy atom. The molecule has 5 aromatic rings. The van der Waals surface area contributed by atoms with Crippen LogP contribution < -0.4 is 5.32 Å². The molecule has 2 heterocycles. The van der Waals surface area contributed by atoms with Crippen LogP contribution in [-0.4, -0.2) is 15.2 Å². The van der Waals surface area contributed by atoms with Crippen LogP contribution in [0.3, 0.4) is 0 Å². The first kappa shape index (κ1) is 21.0. The van der Waals surface area contributed by atoms with E-state index < -0.39 is 0 Å². The van der Waals surface area contributed by atoms with E-state index in [9.17, 15) is 0 Å². The lowest BCUT2D eigenvalue weighted by Crippen LogP contribution is -2.02. The third-order valence-corrected chi connectivity index (χ3v) is 6.43. The smallest absolute Gasteiger partial charge is 0.148 e. The lowest BCUT2D eigenvalue weighted by Gasteiger charge is -2.07. The molecule has 5 rings (SSSR count). The summed E-state index contributed by atoms with van der Waals surface area (Å²) in [4.78, 5) is 4.83. The van der Waals surface area contributed by atoms with Gasteiger partial charge in [-0.05, 0) is 31.5 Å². The first-order chi connectivity index (χ1) is 16.1. The van der Waals surface area contributed by atoms with Crippen molar-refractivity contribution in [3.63, 3.8) is 0 Å². The van der Waals surface area contributed by atoms with Gasteiger partial charge in [-0.15, -0.1) is 21.5 Å². The predicted octanol–water partition coefficient (Wildman–Crippen LogP) is 7.16. The Balaban J connectivity index is 1.21. The fourth-order valence-corrected chi connectivity index (χ4v) is 4.36. The fraction of sp³-hybridized carbons (Fsp3) is 0.107. The Bertz CT molecular complexity index is 1340. The normalized spacial score (nSPS) is 10.8. The lowest BCUT2D eigenvalue weighted by atomic mass is 10.1. The van der Waals surface area contributed by atoms with Gasteiger partial charge in [0.15, 0.2) is 0 Å². The fourth-order valence-electron chi connectivity index (χ4n) is 3.53. The second kappa shape index (κ2) is 9.35. The zero-order valence-corrected chi connectivity index (χ0v) is 19.4. The van der Waals surface area contributed by atoms with Gasteiger partial charge in [0.05, 0.1) is 11.4 Å². The van der Waals surface area contributed by atoms with E-state index >= 15 is 0 Å². The van der Waals surface area contributed by atoms with Crippen molar-refractivity contribution < 1.29 is 0 Å². The highest BCUT2D eigenvalue weighted by Gasteiger charge is 2.07. The summed E-state index contributed by atoms with van der Waals surface area (Å²) in [7, 11) is 0. The van der Waals surface area contributed by atoms with Gasteiger partial charge >= 0.3 is 0 Å². The second-order valence-corrected chi connectivity index (χ2v) is 8.98. The number of nitrogens with one attached hydrogen (secondary N) is 1. The molecule has 4 nitrogen and oxygen atoms in total. The monoisotopic (exact) mass is 448 g/mol. The summed E-state index contributed by atoms with van der Waals surface area (Å²) in [5.41, 5.74) is 8.92. The van der Waals surface area contributed by atoms with Gasteiger partial charge in [0.2, 0.25) is 0 Å². The Morgan fingerprint density at radius 3 is 1.85 bits per heavy atom. The minimum Gasteiger partial charge on any atom is -0.365 e. The molecule has 2 aromatic heterocycles. The van der Waals surface area contributed by atoms with Crippen LogP contribution in [0.5, 0.6) is 0 Å². The second-order valence-electron chi connectivity index (χ2n) is 8.12. The lowest BCUT2D eigenvalue weighted by molar-refractivity contribution is 1.01. The van der Waals surface area contributed by atoms with Crippen LogP contribution >= 0.6 is 11.3 Å². The van der Waals surface area contributed by atoms with Gasteiger partial charge in [-0.3, -0.25) is 0 Å². The van der Waals surface area contributed by atoms with Gasteiger partial charge < -0.3 is 5.32 Å². The molecule has 0 fully saturated rings. The van der Waals surface area contributed by atoms with E-state index in [-0.39, 0.29) is 0 Å². The third-order valence-electron chi connectivity index (χ3n) is 5.54. The Labute approximate surface area is 198 Å². The first-order valence-corrected chi connectivity index (χ1v) is 11.8. The summed E-state index contributed by atoms with van der Waals surface area (Å²) in [5.74, 6) is 0.762. The van der Waals surface area contributed by atoms with Crippen LogP contribution in [0.2, 0.25) is 0 Å². The van der Waals surface area contributed by atoms with Crippen LogP contribution in [0.4, 0.5) is 5.82 Å². The zero-order valence-electron chi connectivity index (χ0n) is 18.6. The van der Waals surface area contributed by atoms with E-state index in [0.717, 1.165) is 38.9 Å². The molecule has 0 atom stereocenters. The number of aromatic nitrogens is 3. The average molecular weight is 449 g/mol. The molecule has 0 bridgehead atoms. The SMILES string of the molecule is Cc1ccc(-c2ccc(NCc3ccc(-c4nc(-c5ccc(C)cc5)cs4)cc3)nn2)cc1. The summed E-state index contributed by atoms with van der Waals surface area (Å²) in [6, 6.07) is 29.3. The molecule has 162 valence electrons. The van der Waals surface area contributed by atoms with Crippen molar-refractivity contribution in [3.05, 3.63) is 107 Å². The number of nitrogens with zero attached hydrogens (tertiary/aromatic N) is 3. The Kier molecular flexibility index (Phi) is 5.96. The van der Waals surface area contributed by atoms with E-state index in [4.69, 9.17) is 4.98 Å². The van der Waals surface area contributed by atoms with Crippen LogP contribution in [0.15, 0.2) is 90.3 Å². The van der Waals surface area contributed by atoms with Crippen molar-refractivity contribution in [1.29, 1.82) is 0 Å². The van der Waals surface area contributed by atoms with Crippen molar-refractivity contribution in [3.8, 4) is 33.1 Å². The van der Waals surface area contributed by atoms with Gasteiger partial charge in [-0.1, -0.05) is 83.9 Å². The van der Waals surface area contributed by atoms with Crippen molar-refractivity contribution in [1.82, 2.24) is 15.2 Å². The Morgan fingerprint density at radius 1 is 0.636 bits per heavy atom. The van der Waals surface area contributed by atoms with Crippen molar-refractivity contribution in [2.75, 3.05) is 5.32 Å². The minimum absolute atomic E-state index is 0.686. The number of hydrogen-bond donors (Lipinski definition) is 1. The zero-order chi connectivity index (χ0) is 22.6. The summed E-state index contributed by atoms with van der Waals surface area (Å²) in [6.45, 7) is 4.86. The highest BCUT2D eigenvalue weighted by atomic mass is 32.1. The van der Waals surface area contributed by atoms with Crippen LogP contribution in [0.1, 0.15) is 16.7 Å². The van der Waals surface area contributed by atoms with Crippen LogP contribution in [0.25, 0.3) is 33.1 Å².